The van der Waals surface area contributed by atoms with E-state index in [1.54, 1.807) is 42.9 Å². The third-order valence-corrected chi connectivity index (χ3v) is 6.43. The molecule has 2 aromatic heterocycles. The van der Waals surface area contributed by atoms with Gasteiger partial charge in [0.2, 0.25) is 15.9 Å². The van der Waals surface area contributed by atoms with Crippen molar-refractivity contribution in [2.75, 3.05) is 0 Å². The van der Waals surface area contributed by atoms with Gasteiger partial charge in [0.15, 0.2) is 0 Å². The third-order valence-electron chi connectivity index (χ3n) is 5.02. The molecule has 0 radical (unpaired) electrons. The Hall–Kier alpha value is -3.95. The van der Waals surface area contributed by atoms with E-state index in [1.165, 1.54) is 24.5 Å². The summed E-state index contributed by atoms with van der Waals surface area (Å²) in [4.78, 5) is 16.4. The van der Waals surface area contributed by atoms with Crippen molar-refractivity contribution in [3.8, 4) is 0 Å². The Morgan fingerprint density at radius 3 is 2.59 bits per heavy atom. The number of hydrogen-bond donors (Lipinski definition) is 2. The maximum Gasteiger partial charge on any atom is 0.244 e. The molecule has 9 heteroatoms. The maximum absolute atomic E-state index is 12.4. The Labute approximate surface area is 198 Å². The molecule has 0 aliphatic rings. The van der Waals surface area contributed by atoms with E-state index in [0.29, 0.717) is 24.4 Å². The summed E-state index contributed by atoms with van der Waals surface area (Å²) in [7, 11) is -3.66. The van der Waals surface area contributed by atoms with Crippen LogP contribution in [-0.2, 0) is 34.5 Å². The van der Waals surface area contributed by atoms with Gasteiger partial charge >= 0.3 is 0 Å². The smallest absolute Gasteiger partial charge is 0.244 e. The molecule has 0 aliphatic heterocycles. The Morgan fingerprint density at radius 1 is 1.03 bits per heavy atom. The van der Waals surface area contributed by atoms with Crippen molar-refractivity contribution >= 4 is 22.0 Å². The summed E-state index contributed by atoms with van der Waals surface area (Å²) in [5.41, 5.74) is 2.83. The zero-order valence-electron chi connectivity index (χ0n) is 18.3. The number of benzene rings is 2. The van der Waals surface area contributed by atoms with E-state index in [9.17, 15) is 13.2 Å². The Bertz CT molecular complexity index is 1340. The van der Waals surface area contributed by atoms with Crippen molar-refractivity contribution in [2.24, 2.45) is 0 Å². The quantitative estimate of drug-likeness (QED) is 0.342. The molecule has 4 rings (SSSR count). The van der Waals surface area contributed by atoms with Crippen LogP contribution in [0.25, 0.3) is 6.08 Å². The van der Waals surface area contributed by atoms with E-state index in [2.05, 4.69) is 15.0 Å². The van der Waals surface area contributed by atoms with Crippen LogP contribution < -0.4 is 10.0 Å². The Kier molecular flexibility index (Phi) is 7.36. The fraction of sp³-hybridized carbons (Fsp3) is 0.120. The predicted molar refractivity (Wildman–Crippen MR) is 128 cm³/mol. The molecule has 0 unspecified atom stereocenters. The average molecular weight is 477 g/mol. The second-order valence-corrected chi connectivity index (χ2v) is 9.35. The van der Waals surface area contributed by atoms with E-state index in [1.807, 2.05) is 35.0 Å². The summed E-state index contributed by atoms with van der Waals surface area (Å²) >= 11 is 0. The summed E-state index contributed by atoms with van der Waals surface area (Å²) in [5.74, 6) is 0.288. The van der Waals surface area contributed by atoms with Gasteiger partial charge in [0.25, 0.3) is 0 Å². The van der Waals surface area contributed by atoms with Crippen molar-refractivity contribution < 1.29 is 17.6 Å². The van der Waals surface area contributed by atoms with Crippen molar-refractivity contribution in [1.29, 1.82) is 0 Å². The van der Waals surface area contributed by atoms with Gasteiger partial charge in [0, 0.05) is 31.6 Å². The number of imidazole rings is 1. The highest BCUT2D eigenvalue weighted by atomic mass is 32.2. The lowest BCUT2D eigenvalue weighted by molar-refractivity contribution is -0.116. The number of hydrogen-bond acceptors (Lipinski definition) is 5. The Balaban J connectivity index is 1.28. The number of nitrogens with one attached hydrogen (secondary N) is 2. The normalized spacial score (nSPS) is 11.6. The molecule has 0 fully saturated rings. The van der Waals surface area contributed by atoms with Crippen molar-refractivity contribution in [3.63, 3.8) is 0 Å². The number of aromatic nitrogens is 2. The molecule has 0 saturated heterocycles. The first kappa shape index (κ1) is 23.2. The number of carbonyl (C=O) groups is 1. The van der Waals surface area contributed by atoms with E-state index < -0.39 is 10.0 Å². The van der Waals surface area contributed by atoms with Crippen LogP contribution in [-0.4, -0.2) is 23.9 Å². The molecule has 1 amide bonds. The molecule has 0 atom stereocenters. The maximum atomic E-state index is 12.4. The van der Waals surface area contributed by atoms with Gasteiger partial charge in [0.1, 0.15) is 5.76 Å². The number of sulfonamides is 1. The SMILES string of the molecule is O=C(/C=C/c1ccc(S(=O)(=O)NCc2ccco2)cc1)NCc1cccc(Cn2ccnc2)c1. The topological polar surface area (TPSA) is 106 Å². The monoisotopic (exact) mass is 476 g/mol. The van der Waals surface area contributed by atoms with Gasteiger partial charge in [-0.25, -0.2) is 18.1 Å². The second-order valence-electron chi connectivity index (χ2n) is 7.58. The molecule has 4 aromatic rings. The highest BCUT2D eigenvalue weighted by Crippen LogP contribution is 2.13. The third kappa shape index (κ3) is 6.53. The van der Waals surface area contributed by atoms with E-state index >= 15 is 0 Å². The molecule has 34 heavy (non-hydrogen) atoms. The van der Waals surface area contributed by atoms with Crippen LogP contribution in [0.3, 0.4) is 0 Å². The summed E-state index contributed by atoms with van der Waals surface area (Å²) in [6.45, 7) is 1.19. The van der Waals surface area contributed by atoms with E-state index in [0.717, 1.165) is 11.1 Å². The van der Waals surface area contributed by atoms with Crippen LogP contribution in [0, 0.1) is 0 Å². The summed E-state index contributed by atoms with van der Waals surface area (Å²) < 4.78 is 34.4. The van der Waals surface area contributed by atoms with Gasteiger partial charge in [-0.1, -0.05) is 36.4 Å². The molecule has 2 aromatic carbocycles. The van der Waals surface area contributed by atoms with Crippen molar-refractivity contribution in [1.82, 2.24) is 19.6 Å². The Morgan fingerprint density at radius 2 is 1.85 bits per heavy atom. The minimum absolute atomic E-state index is 0.0730. The van der Waals surface area contributed by atoms with Crippen LogP contribution in [0.4, 0.5) is 0 Å². The first-order valence-corrected chi connectivity index (χ1v) is 12.1. The zero-order valence-corrected chi connectivity index (χ0v) is 19.1. The van der Waals surface area contributed by atoms with Gasteiger partial charge in [-0.15, -0.1) is 0 Å². The summed E-state index contributed by atoms with van der Waals surface area (Å²) in [6, 6.07) is 17.7. The molecule has 2 N–H and O–H groups in total. The van der Waals surface area contributed by atoms with Crippen LogP contribution in [0.5, 0.6) is 0 Å². The highest BCUT2D eigenvalue weighted by molar-refractivity contribution is 7.89. The van der Waals surface area contributed by atoms with Gasteiger partial charge in [-0.2, -0.15) is 0 Å². The number of amides is 1. The zero-order chi connectivity index (χ0) is 23.8. The van der Waals surface area contributed by atoms with Crippen LogP contribution in [0.2, 0.25) is 0 Å². The van der Waals surface area contributed by atoms with E-state index in [4.69, 9.17) is 4.42 Å². The fourth-order valence-electron chi connectivity index (χ4n) is 3.27. The lowest BCUT2D eigenvalue weighted by Crippen LogP contribution is -2.22. The number of nitrogens with zero attached hydrogens (tertiary/aromatic N) is 2. The molecule has 174 valence electrons. The summed E-state index contributed by atoms with van der Waals surface area (Å²) in [6.07, 6.45) is 9.95. The molecule has 0 bridgehead atoms. The molecular formula is C25H24N4O4S. The van der Waals surface area contributed by atoms with Crippen molar-refractivity contribution in [3.05, 3.63) is 114 Å². The standard InChI is InChI=1S/C25H24N4O4S/c30-25(27-16-21-3-1-4-22(15-21)18-29-13-12-26-19-29)11-8-20-6-9-24(10-7-20)34(31,32)28-17-23-5-2-14-33-23/h1-15,19,28H,16-18H2,(H,27,30)/b11-8+. The number of furan rings is 1. The molecule has 2 heterocycles. The van der Waals surface area contributed by atoms with Crippen molar-refractivity contribution in [2.45, 2.75) is 24.5 Å². The molecule has 0 aliphatic carbocycles. The van der Waals surface area contributed by atoms with Gasteiger partial charge in [-0.3, -0.25) is 4.79 Å². The van der Waals surface area contributed by atoms with Crippen LogP contribution >= 0.6 is 0 Å². The molecule has 0 spiro atoms. The average Bonchev–Trinajstić information content (AvgIpc) is 3.55. The lowest BCUT2D eigenvalue weighted by atomic mass is 10.1. The first-order chi connectivity index (χ1) is 16.5. The van der Waals surface area contributed by atoms with Gasteiger partial charge < -0.3 is 14.3 Å². The molecular weight excluding hydrogens is 452 g/mol. The lowest BCUT2D eigenvalue weighted by Gasteiger charge is -2.07. The number of carbonyl (C=O) groups excluding carboxylic acids is 1. The predicted octanol–water partition coefficient (Wildman–Crippen LogP) is 3.33. The minimum atomic E-state index is -3.66. The fourth-order valence-corrected chi connectivity index (χ4v) is 4.26. The molecule has 0 saturated carbocycles. The van der Waals surface area contributed by atoms with Crippen LogP contribution in [0.1, 0.15) is 22.5 Å². The van der Waals surface area contributed by atoms with E-state index in [-0.39, 0.29) is 17.3 Å². The first-order valence-electron chi connectivity index (χ1n) is 10.6. The molecule has 8 nitrogen and oxygen atoms in total. The van der Waals surface area contributed by atoms with Crippen LogP contribution in [0.15, 0.2) is 101 Å². The van der Waals surface area contributed by atoms with Gasteiger partial charge in [-0.05, 0) is 47.0 Å². The number of rotatable bonds is 10. The van der Waals surface area contributed by atoms with Gasteiger partial charge in [0.05, 0.1) is 24.0 Å². The highest BCUT2D eigenvalue weighted by Gasteiger charge is 2.14. The summed E-state index contributed by atoms with van der Waals surface area (Å²) in [5, 5.41) is 2.86. The second kappa shape index (κ2) is 10.8. The minimum Gasteiger partial charge on any atom is -0.468 e. The largest absolute Gasteiger partial charge is 0.468 e.